The molecule has 1 aromatic rings. The Balaban J connectivity index is 2.06. The lowest BCUT2D eigenvalue weighted by molar-refractivity contribution is -0.0177. The Morgan fingerprint density at radius 3 is 2.74 bits per heavy atom. The summed E-state index contributed by atoms with van der Waals surface area (Å²) in [5.74, 6) is 0.751. The minimum atomic E-state index is -0.903. The van der Waals surface area contributed by atoms with Gasteiger partial charge >= 0.3 is 6.01 Å². The summed E-state index contributed by atoms with van der Waals surface area (Å²) in [6.07, 6.45) is 0.370. The Morgan fingerprint density at radius 2 is 2.16 bits per heavy atom. The minimum Gasteiger partial charge on any atom is -0.467 e. The molecule has 0 spiro atoms. The second-order valence-corrected chi connectivity index (χ2v) is 4.44. The van der Waals surface area contributed by atoms with E-state index in [1.807, 2.05) is 6.92 Å². The zero-order valence-electron chi connectivity index (χ0n) is 11.3. The van der Waals surface area contributed by atoms with Crippen molar-refractivity contribution in [1.82, 2.24) is 15.0 Å². The van der Waals surface area contributed by atoms with Crippen LogP contribution in [0, 0.1) is 0 Å². The molecule has 8 nitrogen and oxygen atoms in total. The second-order valence-electron chi connectivity index (χ2n) is 4.44. The summed E-state index contributed by atoms with van der Waals surface area (Å²) in [4.78, 5) is 12.2. The van der Waals surface area contributed by atoms with Crippen molar-refractivity contribution in [2.75, 3.05) is 37.9 Å². The van der Waals surface area contributed by atoms with Crippen molar-refractivity contribution in [3.63, 3.8) is 0 Å². The van der Waals surface area contributed by atoms with E-state index in [0.717, 1.165) is 0 Å². The first-order chi connectivity index (χ1) is 9.07. The molecule has 1 aromatic heterocycles. The quantitative estimate of drug-likeness (QED) is 0.679. The fourth-order valence-electron chi connectivity index (χ4n) is 1.87. The molecule has 0 aromatic carbocycles. The third kappa shape index (κ3) is 3.02. The highest BCUT2D eigenvalue weighted by molar-refractivity contribution is 5.35. The van der Waals surface area contributed by atoms with Crippen molar-refractivity contribution >= 4 is 11.9 Å². The van der Waals surface area contributed by atoms with Crippen molar-refractivity contribution in [1.29, 1.82) is 0 Å². The molecule has 2 heterocycles. The Bertz CT molecular complexity index is 422. The van der Waals surface area contributed by atoms with E-state index < -0.39 is 5.60 Å². The number of nitrogens with zero attached hydrogens (tertiary/aromatic N) is 3. The highest BCUT2D eigenvalue weighted by Crippen LogP contribution is 2.25. The summed E-state index contributed by atoms with van der Waals surface area (Å²) >= 11 is 0. The van der Waals surface area contributed by atoms with Crippen LogP contribution in [0.1, 0.15) is 13.3 Å². The van der Waals surface area contributed by atoms with Crippen molar-refractivity contribution in [2.24, 2.45) is 0 Å². The van der Waals surface area contributed by atoms with Gasteiger partial charge in [-0.25, -0.2) is 0 Å². The van der Waals surface area contributed by atoms with Gasteiger partial charge in [0.1, 0.15) is 5.60 Å². The molecule has 1 fully saturated rings. The molecular weight excluding hydrogens is 250 g/mol. The third-order valence-corrected chi connectivity index (χ3v) is 3.23. The number of hydrogen-bond acceptors (Lipinski definition) is 8. The number of aromatic nitrogens is 3. The zero-order valence-corrected chi connectivity index (χ0v) is 11.3. The summed E-state index contributed by atoms with van der Waals surface area (Å²) in [6.45, 7) is 2.72. The molecule has 0 saturated carbocycles. The fraction of sp³-hybridized carbons (Fsp3) is 0.727. The SMILES string of the molecule is CNc1nc(NCC2(O)CCOC2C)nc(OC)n1. The standard InChI is InChI=1S/C11H19N5O3/c1-7-11(17,4-5-19-7)6-13-9-14-8(12-2)15-10(16-9)18-3/h7,17H,4-6H2,1-3H3,(H2,12,13,14,15,16). The van der Waals surface area contributed by atoms with E-state index >= 15 is 0 Å². The molecule has 8 heteroatoms. The lowest BCUT2D eigenvalue weighted by Gasteiger charge is -2.26. The summed E-state index contributed by atoms with van der Waals surface area (Å²) in [6, 6.07) is 0.213. The molecule has 1 saturated heterocycles. The largest absolute Gasteiger partial charge is 0.467 e. The van der Waals surface area contributed by atoms with Crippen molar-refractivity contribution in [3.05, 3.63) is 0 Å². The number of methoxy groups -OCH3 is 1. The van der Waals surface area contributed by atoms with Crippen LogP contribution in [0.4, 0.5) is 11.9 Å². The van der Waals surface area contributed by atoms with E-state index in [1.165, 1.54) is 7.11 Å². The van der Waals surface area contributed by atoms with Gasteiger partial charge in [-0.2, -0.15) is 15.0 Å². The van der Waals surface area contributed by atoms with Crippen LogP contribution in [0.25, 0.3) is 0 Å². The average Bonchev–Trinajstić information content (AvgIpc) is 2.76. The maximum absolute atomic E-state index is 10.4. The van der Waals surface area contributed by atoms with Crippen molar-refractivity contribution in [3.8, 4) is 6.01 Å². The number of rotatable bonds is 5. The van der Waals surface area contributed by atoms with Gasteiger partial charge in [-0.05, 0) is 6.92 Å². The van der Waals surface area contributed by atoms with Crippen molar-refractivity contribution < 1.29 is 14.6 Å². The molecule has 3 N–H and O–H groups in total. The lowest BCUT2D eigenvalue weighted by atomic mass is 9.97. The van der Waals surface area contributed by atoms with E-state index in [-0.39, 0.29) is 12.1 Å². The second kappa shape index (κ2) is 5.54. The predicted molar refractivity (Wildman–Crippen MR) is 69.4 cm³/mol. The first-order valence-corrected chi connectivity index (χ1v) is 6.13. The van der Waals surface area contributed by atoms with Crippen LogP contribution < -0.4 is 15.4 Å². The van der Waals surface area contributed by atoms with Gasteiger partial charge < -0.3 is 25.2 Å². The molecule has 19 heavy (non-hydrogen) atoms. The number of ether oxygens (including phenoxy) is 2. The zero-order chi connectivity index (χ0) is 13.9. The number of anilines is 2. The van der Waals surface area contributed by atoms with Crippen LogP contribution in [0.3, 0.4) is 0 Å². The maximum Gasteiger partial charge on any atom is 0.322 e. The van der Waals surface area contributed by atoms with E-state index in [9.17, 15) is 5.11 Å². The molecule has 1 aliphatic heterocycles. The number of hydrogen-bond donors (Lipinski definition) is 3. The van der Waals surface area contributed by atoms with Gasteiger partial charge in [0.05, 0.1) is 13.2 Å². The fourth-order valence-corrected chi connectivity index (χ4v) is 1.87. The maximum atomic E-state index is 10.4. The molecule has 2 atom stereocenters. The molecule has 106 valence electrons. The smallest absolute Gasteiger partial charge is 0.322 e. The highest BCUT2D eigenvalue weighted by atomic mass is 16.5. The topological polar surface area (TPSA) is 101 Å². The molecule has 0 amide bonds. The summed E-state index contributed by atoms with van der Waals surface area (Å²) < 4.78 is 10.4. The van der Waals surface area contributed by atoms with E-state index in [0.29, 0.717) is 31.5 Å². The van der Waals surface area contributed by atoms with E-state index in [2.05, 4.69) is 25.6 Å². The molecule has 0 bridgehead atoms. The normalized spacial score (nSPS) is 26.2. The van der Waals surface area contributed by atoms with Crippen LogP contribution in [0.15, 0.2) is 0 Å². The molecule has 2 rings (SSSR count). The molecule has 1 aliphatic rings. The Hall–Kier alpha value is -1.67. The first-order valence-electron chi connectivity index (χ1n) is 6.13. The van der Waals surface area contributed by atoms with Gasteiger partial charge in [-0.3, -0.25) is 0 Å². The third-order valence-electron chi connectivity index (χ3n) is 3.23. The monoisotopic (exact) mass is 269 g/mol. The lowest BCUT2D eigenvalue weighted by Crippen LogP contribution is -2.43. The van der Waals surface area contributed by atoms with Gasteiger partial charge in [0, 0.05) is 26.6 Å². The van der Waals surface area contributed by atoms with Gasteiger partial charge in [-0.1, -0.05) is 0 Å². The Kier molecular flexibility index (Phi) is 4.01. The minimum absolute atomic E-state index is 0.213. The van der Waals surface area contributed by atoms with Gasteiger partial charge in [0.15, 0.2) is 0 Å². The number of nitrogens with one attached hydrogen (secondary N) is 2. The summed E-state index contributed by atoms with van der Waals surface area (Å²) in [5, 5.41) is 16.2. The summed E-state index contributed by atoms with van der Waals surface area (Å²) in [5.41, 5.74) is -0.903. The van der Waals surface area contributed by atoms with Gasteiger partial charge in [0.2, 0.25) is 11.9 Å². The average molecular weight is 269 g/mol. The van der Waals surface area contributed by atoms with Gasteiger partial charge in [0.25, 0.3) is 0 Å². The van der Waals surface area contributed by atoms with Crippen LogP contribution in [-0.2, 0) is 4.74 Å². The molecule has 2 unspecified atom stereocenters. The van der Waals surface area contributed by atoms with E-state index in [1.54, 1.807) is 7.05 Å². The molecule has 0 radical (unpaired) electrons. The predicted octanol–water partition coefficient (Wildman–Crippen LogP) is -0.126. The highest BCUT2D eigenvalue weighted by Gasteiger charge is 2.39. The van der Waals surface area contributed by atoms with Gasteiger partial charge in [-0.15, -0.1) is 0 Å². The van der Waals surface area contributed by atoms with Crippen LogP contribution in [0.2, 0.25) is 0 Å². The van der Waals surface area contributed by atoms with Crippen LogP contribution in [0.5, 0.6) is 6.01 Å². The summed E-state index contributed by atoms with van der Waals surface area (Å²) in [7, 11) is 3.19. The molecule has 0 aliphatic carbocycles. The van der Waals surface area contributed by atoms with Crippen LogP contribution in [-0.4, -0.2) is 59.1 Å². The Labute approximate surface area is 111 Å². The number of aliphatic hydroxyl groups is 1. The first kappa shape index (κ1) is 13.8. The van der Waals surface area contributed by atoms with Crippen LogP contribution >= 0.6 is 0 Å². The molecular formula is C11H19N5O3. The van der Waals surface area contributed by atoms with E-state index in [4.69, 9.17) is 9.47 Å². The Morgan fingerprint density at radius 1 is 1.42 bits per heavy atom. The van der Waals surface area contributed by atoms with Crippen molar-refractivity contribution in [2.45, 2.75) is 25.0 Å².